The van der Waals surface area contributed by atoms with E-state index in [0.717, 1.165) is 28.1 Å². The Balaban J connectivity index is 1.56. The third-order valence-corrected chi connectivity index (χ3v) is 5.56. The topological polar surface area (TPSA) is 89.3 Å². The van der Waals surface area contributed by atoms with Crippen LogP contribution < -0.4 is 15.4 Å². The molecule has 146 valence electrons. The molecule has 0 unspecified atom stereocenters. The van der Waals surface area contributed by atoms with Gasteiger partial charge in [-0.05, 0) is 45.9 Å². The molecule has 2 aromatic carbocycles. The maximum atomic E-state index is 13.3. The number of allylic oxidation sites excluding steroid dienone is 1. The molecule has 0 amide bonds. The average Bonchev–Trinajstić information content (AvgIpc) is 3.13. The van der Waals surface area contributed by atoms with E-state index >= 15 is 0 Å². The van der Waals surface area contributed by atoms with Crippen molar-refractivity contribution in [2.75, 3.05) is 17.7 Å². The summed E-state index contributed by atoms with van der Waals surface area (Å²) in [5.74, 6) is 2.00. The summed E-state index contributed by atoms with van der Waals surface area (Å²) in [7, 11) is 1.64. The molecule has 3 aromatic rings. The quantitative estimate of drug-likeness (QED) is 0.699. The van der Waals surface area contributed by atoms with Gasteiger partial charge in [0.25, 0.3) is 0 Å². The molecule has 5 rings (SSSR count). The largest absolute Gasteiger partial charge is 0.497 e. The van der Waals surface area contributed by atoms with Crippen LogP contribution in [0, 0.1) is 0 Å². The minimum atomic E-state index is -0.309. The van der Waals surface area contributed by atoms with Crippen LogP contribution in [0.5, 0.6) is 5.75 Å². The lowest BCUT2D eigenvalue weighted by atomic mass is 9.78. The third-order valence-electron chi connectivity index (χ3n) is 5.56. The van der Waals surface area contributed by atoms with E-state index in [0.29, 0.717) is 24.5 Å². The molecule has 2 atom stereocenters. The number of hydrogen-bond donors (Lipinski definition) is 2. The molecule has 1 aromatic heterocycles. The van der Waals surface area contributed by atoms with Crippen molar-refractivity contribution < 1.29 is 14.2 Å². The molecule has 7 heteroatoms. The van der Waals surface area contributed by atoms with Crippen LogP contribution in [0.15, 0.2) is 70.5 Å². The smallest absolute Gasteiger partial charge is 0.219 e. The number of Topliss-reactive ketones (excluding diaryl/α,β-unsaturated/α-hetero) is 1. The molecule has 0 spiro atoms. The van der Waals surface area contributed by atoms with Crippen molar-refractivity contribution >= 4 is 17.4 Å². The normalized spacial score (nSPS) is 20.8. The predicted octanol–water partition coefficient (Wildman–Crippen LogP) is 4.06. The molecular formula is C22H20N4O3. The lowest BCUT2D eigenvalue weighted by molar-refractivity contribution is -0.116. The van der Waals surface area contributed by atoms with E-state index in [4.69, 9.17) is 9.37 Å². The summed E-state index contributed by atoms with van der Waals surface area (Å²) in [5, 5.41) is 14.5. The second-order valence-electron chi connectivity index (χ2n) is 7.27. The fraction of sp³-hybridized carbons (Fsp3) is 0.227. The lowest BCUT2D eigenvalue weighted by Gasteiger charge is -2.29. The number of anilines is 2. The Morgan fingerprint density at radius 1 is 0.966 bits per heavy atom. The number of aromatic nitrogens is 2. The van der Waals surface area contributed by atoms with Gasteiger partial charge in [0.15, 0.2) is 5.78 Å². The van der Waals surface area contributed by atoms with Gasteiger partial charge in [-0.2, -0.15) is 0 Å². The molecule has 7 nitrogen and oxygen atoms in total. The summed E-state index contributed by atoms with van der Waals surface area (Å²) in [6.45, 7) is 0. The Morgan fingerprint density at radius 3 is 2.48 bits per heavy atom. The molecule has 1 aliphatic carbocycles. The van der Waals surface area contributed by atoms with Gasteiger partial charge in [-0.1, -0.05) is 42.5 Å². The molecule has 0 saturated carbocycles. The lowest BCUT2D eigenvalue weighted by Crippen LogP contribution is -2.27. The number of carbonyl (C=O) groups is 1. The molecule has 0 saturated heterocycles. The number of benzene rings is 2. The predicted molar refractivity (Wildman–Crippen MR) is 108 cm³/mol. The molecule has 0 fully saturated rings. The van der Waals surface area contributed by atoms with Crippen molar-refractivity contribution in [2.45, 2.75) is 24.8 Å². The molecule has 2 N–H and O–H groups in total. The highest BCUT2D eigenvalue weighted by Crippen LogP contribution is 2.43. The maximum absolute atomic E-state index is 13.3. The van der Waals surface area contributed by atoms with E-state index in [1.165, 1.54) is 0 Å². The Bertz CT molecular complexity index is 1070. The van der Waals surface area contributed by atoms with Crippen LogP contribution >= 0.6 is 0 Å². The summed E-state index contributed by atoms with van der Waals surface area (Å²) < 4.78 is 10.2. The molecule has 2 aliphatic rings. The number of ether oxygens (including phenoxy) is 1. The van der Waals surface area contributed by atoms with Gasteiger partial charge in [0.2, 0.25) is 11.6 Å². The number of ketones is 1. The summed E-state index contributed by atoms with van der Waals surface area (Å²) in [6, 6.07) is 17.5. The first-order valence-electron chi connectivity index (χ1n) is 9.54. The number of fused-ring (bicyclic) bond motifs is 1. The number of hydrogen-bond acceptors (Lipinski definition) is 7. The van der Waals surface area contributed by atoms with E-state index in [1.807, 2.05) is 54.6 Å². The van der Waals surface area contributed by atoms with Crippen LogP contribution in [-0.4, -0.2) is 23.2 Å². The monoisotopic (exact) mass is 388 g/mol. The van der Waals surface area contributed by atoms with Crippen molar-refractivity contribution in [1.29, 1.82) is 0 Å². The summed E-state index contributed by atoms with van der Waals surface area (Å²) in [4.78, 5) is 13.3. The van der Waals surface area contributed by atoms with Crippen LogP contribution in [0.4, 0.5) is 11.6 Å². The van der Waals surface area contributed by atoms with Gasteiger partial charge in [-0.3, -0.25) is 4.79 Å². The summed E-state index contributed by atoms with van der Waals surface area (Å²) >= 11 is 0. The van der Waals surface area contributed by atoms with Crippen molar-refractivity contribution in [3.05, 3.63) is 77.0 Å². The first-order chi connectivity index (χ1) is 14.2. The van der Waals surface area contributed by atoms with Crippen LogP contribution in [0.1, 0.15) is 35.9 Å². The Kier molecular flexibility index (Phi) is 4.27. The van der Waals surface area contributed by atoms with Crippen molar-refractivity contribution in [2.24, 2.45) is 0 Å². The molecule has 1 aliphatic heterocycles. The molecule has 0 radical (unpaired) electrons. The van der Waals surface area contributed by atoms with Gasteiger partial charge in [0.05, 0.1) is 13.2 Å². The standard InChI is InChI=1S/C22H20N4O3/c1-28-16-9-7-13(8-10-16)15-11-17-19(18(27)12-15)20(14-5-3-2-4-6-14)24-22-21(23-17)25-29-26-22/h2-10,15,20H,11-12H2,1H3,(H,23,25)(H,24,26)/t15-,20-/m1/s1. The number of nitrogens with zero attached hydrogens (tertiary/aromatic N) is 2. The second kappa shape index (κ2) is 7.09. The fourth-order valence-electron chi connectivity index (χ4n) is 4.11. The van der Waals surface area contributed by atoms with Crippen LogP contribution in [0.3, 0.4) is 0 Å². The van der Waals surface area contributed by atoms with Gasteiger partial charge >= 0.3 is 0 Å². The minimum Gasteiger partial charge on any atom is -0.497 e. The maximum Gasteiger partial charge on any atom is 0.219 e. The highest BCUT2D eigenvalue weighted by atomic mass is 16.6. The first kappa shape index (κ1) is 17.5. The van der Waals surface area contributed by atoms with Crippen LogP contribution in [-0.2, 0) is 4.79 Å². The van der Waals surface area contributed by atoms with Crippen molar-refractivity contribution in [3.8, 4) is 5.75 Å². The third kappa shape index (κ3) is 3.14. The summed E-state index contributed by atoms with van der Waals surface area (Å²) in [5.41, 5.74) is 3.70. The Morgan fingerprint density at radius 2 is 1.72 bits per heavy atom. The van der Waals surface area contributed by atoms with Gasteiger partial charge < -0.3 is 15.4 Å². The fourth-order valence-corrected chi connectivity index (χ4v) is 4.11. The highest BCUT2D eigenvalue weighted by Gasteiger charge is 2.37. The van der Waals surface area contributed by atoms with E-state index in [9.17, 15) is 4.79 Å². The van der Waals surface area contributed by atoms with E-state index in [-0.39, 0.29) is 17.7 Å². The SMILES string of the molecule is COc1ccc([C@H]2CC(=O)C3=C(C2)Nc2nonc2N[C@@H]3c2ccccc2)cc1. The summed E-state index contributed by atoms with van der Waals surface area (Å²) in [6.07, 6.45) is 1.15. The minimum absolute atomic E-state index is 0.0810. The van der Waals surface area contributed by atoms with Crippen LogP contribution in [0.25, 0.3) is 0 Å². The zero-order valence-corrected chi connectivity index (χ0v) is 15.9. The Labute approximate surface area is 167 Å². The number of nitrogens with one attached hydrogen (secondary N) is 2. The second-order valence-corrected chi connectivity index (χ2v) is 7.27. The molecular weight excluding hydrogens is 368 g/mol. The Hall–Kier alpha value is -3.61. The van der Waals surface area contributed by atoms with Gasteiger partial charge in [-0.15, -0.1) is 0 Å². The molecule has 2 heterocycles. The number of carbonyl (C=O) groups excluding carboxylic acids is 1. The first-order valence-corrected chi connectivity index (χ1v) is 9.54. The zero-order chi connectivity index (χ0) is 19.8. The van der Waals surface area contributed by atoms with E-state index in [2.05, 4.69) is 20.9 Å². The zero-order valence-electron chi connectivity index (χ0n) is 15.9. The van der Waals surface area contributed by atoms with Crippen molar-refractivity contribution in [3.63, 3.8) is 0 Å². The average molecular weight is 388 g/mol. The molecule has 0 bridgehead atoms. The number of methoxy groups -OCH3 is 1. The van der Waals surface area contributed by atoms with Crippen LogP contribution in [0.2, 0.25) is 0 Å². The molecule has 29 heavy (non-hydrogen) atoms. The van der Waals surface area contributed by atoms with Crippen molar-refractivity contribution in [1.82, 2.24) is 10.3 Å². The van der Waals surface area contributed by atoms with E-state index in [1.54, 1.807) is 7.11 Å². The van der Waals surface area contributed by atoms with Gasteiger partial charge in [-0.25, -0.2) is 4.63 Å². The van der Waals surface area contributed by atoms with E-state index < -0.39 is 0 Å². The highest BCUT2D eigenvalue weighted by molar-refractivity contribution is 6.00. The van der Waals surface area contributed by atoms with Gasteiger partial charge in [0, 0.05) is 17.7 Å². The number of rotatable bonds is 3. The van der Waals surface area contributed by atoms with Gasteiger partial charge in [0.1, 0.15) is 5.75 Å².